The third-order valence-corrected chi connectivity index (χ3v) is 3.26. The number of hydrogen-bond donors (Lipinski definition) is 1. The van der Waals surface area contributed by atoms with Crippen molar-refractivity contribution in [1.29, 1.82) is 0 Å². The molecule has 0 saturated carbocycles. The van der Waals surface area contributed by atoms with E-state index in [0.29, 0.717) is 18.2 Å². The lowest BCUT2D eigenvalue weighted by Gasteiger charge is -2.16. The second kappa shape index (κ2) is 7.14. The average molecular weight is 324 g/mol. The van der Waals surface area contributed by atoms with Gasteiger partial charge in [-0.15, -0.1) is 0 Å². The number of benzene rings is 1. The number of nitrogens with one attached hydrogen (secondary N) is 1. The lowest BCUT2D eigenvalue weighted by molar-refractivity contribution is -0.137. The van der Waals surface area contributed by atoms with Crippen LogP contribution >= 0.6 is 15.9 Å². The maximum absolute atomic E-state index is 12.5. The standard InChI is InChI=1S/C13H17BrF3N/c1-2-12(6-7-14)18-9-10-4-3-5-11(8-10)13(15,16)17/h3-5,8,12,18H,2,6-7,9H2,1H3. The highest BCUT2D eigenvalue weighted by atomic mass is 79.9. The minimum absolute atomic E-state index is 0.332. The summed E-state index contributed by atoms with van der Waals surface area (Å²) in [6.45, 7) is 2.53. The number of halogens is 4. The molecule has 0 fully saturated rings. The third-order valence-electron chi connectivity index (χ3n) is 2.80. The van der Waals surface area contributed by atoms with E-state index in [-0.39, 0.29) is 0 Å². The van der Waals surface area contributed by atoms with Gasteiger partial charge in [-0.25, -0.2) is 0 Å². The summed E-state index contributed by atoms with van der Waals surface area (Å²) in [6.07, 6.45) is -2.34. The van der Waals surface area contributed by atoms with Gasteiger partial charge in [-0.1, -0.05) is 41.1 Å². The zero-order valence-electron chi connectivity index (χ0n) is 10.2. The van der Waals surface area contributed by atoms with Gasteiger partial charge in [-0.2, -0.15) is 13.2 Å². The van der Waals surface area contributed by atoms with Crippen LogP contribution in [-0.4, -0.2) is 11.4 Å². The van der Waals surface area contributed by atoms with Crippen molar-refractivity contribution in [2.24, 2.45) is 0 Å². The van der Waals surface area contributed by atoms with E-state index in [0.717, 1.165) is 24.2 Å². The molecular weight excluding hydrogens is 307 g/mol. The maximum atomic E-state index is 12.5. The van der Waals surface area contributed by atoms with Crippen LogP contribution in [0.4, 0.5) is 13.2 Å². The minimum Gasteiger partial charge on any atom is -0.310 e. The van der Waals surface area contributed by atoms with E-state index in [2.05, 4.69) is 28.2 Å². The molecule has 0 aromatic heterocycles. The zero-order chi connectivity index (χ0) is 13.6. The summed E-state index contributed by atoms with van der Waals surface area (Å²) in [5.74, 6) is 0. The Hall–Kier alpha value is -0.550. The summed E-state index contributed by atoms with van der Waals surface area (Å²) in [7, 11) is 0. The van der Waals surface area contributed by atoms with Gasteiger partial charge in [0.1, 0.15) is 0 Å². The van der Waals surface area contributed by atoms with Crippen molar-refractivity contribution in [3.05, 3.63) is 35.4 Å². The van der Waals surface area contributed by atoms with Crippen LogP contribution in [-0.2, 0) is 12.7 Å². The van der Waals surface area contributed by atoms with Crippen molar-refractivity contribution < 1.29 is 13.2 Å². The number of alkyl halides is 4. The second-order valence-corrected chi connectivity index (χ2v) is 4.95. The Labute approximate surface area is 114 Å². The minimum atomic E-state index is -4.27. The normalized spacial score (nSPS) is 13.6. The van der Waals surface area contributed by atoms with Gasteiger partial charge in [-0.3, -0.25) is 0 Å². The van der Waals surface area contributed by atoms with E-state index in [1.807, 2.05) is 0 Å². The molecule has 0 amide bonds. The van der Waals surface area contributed by atoms with E-state index < -0.39 is 11.7 Å². The van der Waals surface area contributed by atoms with Crippen LogP contribution in [0, 0.1) is 0 Å². The quantitative estimate of drug-likeness (QED) is 0.767. The molecule has 1 aromatic carbocycles. The molecule has 5 heteroatoms. The summed E-state index contributed by atoms with van der Waals surface area (Å²) in [5.41, 5.74) is 0.0770. The first-order chi connectivity index (χ1) is 8.47. The van der Waals surface area contributed by atoms with Gasteiger partial charge in [0.15, 0.2) is 0 Å². The van der Waals surface area contributed by atoms with Crippen molar-refractivity contribution in [3.63, 3.8) is 0 Å². The van der Waals surface area contributed by atoms with E-state index >= 15 is 0 Å². The molecule has 1 N–H and O–H groups in total. The Bertz CT molecular complexity index is 365. The van der Waals surface area contributed by atoms with Gasteiger partial charge in [-0.05, 0) is 24.5 Å². The van der Waals surface area contributed by atoms with Crippen molar-refractivity contribution in [3.8, 4) is 0 Å². The molecule has 0 aliphatic rings. The molecule has 1 nitrogen and oxygen atoms in total. The molecule has 1 aromatic rings. The van der Waals surface area contributed by atoms with Crippen molar-refractivity contribution >= 4 is 15.9 Å². The molecule has 1 atom stereocenters. The smallest absolute Gasteiger partial charge is 0.310 e. The van der Waals surface area contributed by atoms with Gasteiger partial charge in [0.05, 0.1) is 5.56 Å². The van der Waals surface area contributed by atoms with Gasteiger partial charge in [0.25, 0.3) is 0 Å². The number of hydrogen-bond acceptors (Lipinski definition) is 1. The van der Waals surface area contributed by atoms with E-state index in [4.69, 9.17) is 0 Å². The molecule has 102 valence electrons. The average Bonchev–Trinajstić information content (AvgIpc) is 2.34. The summed E-state index contributed by atoms with van der Waals surface area (Å²) < 4.78 is 37.6. The fourth-order valence-electron chi connectivity index (χ4n) is 1.70. The van der Waals surface area contributed by atoms with Crippen molar-refractivity contribution in [2.45, 2.75) is 38.5 Å². The predicted molar refractivity (Wildman–Crippen MR) is 70.8 cm³/mol. The molecule has 0 saturated heterocycles. The van der Waals surface area contributed by atoms with Crippen molar-refractivity contribution in [2.75, 3.05) is 5.33 Å². The van der Waals surface area contributed by atoms with Gasteiger partial charge in [0, 0.05) is 17.9 Å². The molecule has 0 spiro atoms. The SMILES string of the molecule is CCC(CCBr)NCc1cccc(C(F)(F)F)c1. The predicted octanol–water partition coefficient (Wildman–Crippen LogP) is 4.36. The molecule has 18 heavy (non-hydrogen) atoms. The Morgan fingerprint density at radius 1 is 1.33 bits per heavy atom. The zero-order valence-corrected chi connectivity index (χ0v) is 11.8. The van der Waals surface area contributed by atoms with Gasteiger partial charge >= 0.3 is 6.18 Å². The van der Waals surface area contributed by atoms with E-state index in [9.17, 15) is 13.2 Å². The highest BCUT2D eigenvalue weighted by Crippen LogP contribution is 2.29. The molecular formula is C13H17BrF3N. The molecule has 1 rings (SSSR count). The first-order valence-corrected chi connectivity index (χ1v) is 7.05. The van der Waals surface area contributed by atoms with Crippen LogP contribution < -0.4 is 5.32 Å². The fourth-order valence-corrected chi connectivity index (χ4v) is 2.25. The van der Waals surface area contributed by atoms with E-state index in [1.165, 1.54) is 12.1 Å². The Morgan fingerprint density at radius 2 is 2.06 bits per heavy atom. The highest BCUT2D eigenvalue weighted by molar-refractivity contribution is 9.09. The Kier molecular flexibility index (Phi) is 6.15. The lowest BCUT2D eigenvalue weighted by atomic mass is 10.1. The molecule has 0 aliphatic heterocycles. The Morgan fingerprint density at radius 3 is 2.61 bits per heavy atom. The Balaban J connectivity index is 2.62. The van der Waals surface area contributed by atoms with Crippen LogP contribution in [0.2, 0.25) is 0 Å². The largest absolute Gasteiger partial charge is 0.416 e. The first kappa shape index (κ1) is 15.5. The molecule has 0 bridgehead atoms. The summed E-state index contributed by atoms with van der Waals surface area (Å²) >= 11 is 3.37. The summed E-state index contributed by atoms with van der Waals surface area (Å²) in [4.78, 5) is 0. The fraction of sp³-hybridized carbons (Fsp3) is 0.538. The summed E-state index contributed by atoms with van der Waals surface area (Å²) in [5, 5.41) is 4.16. The van der Waals surface area contributed by atoms with E-state index in [1.54, 1.807) is 6.07 Å². The molecule has 1 unspecified atom stereocenters. The lowest BCUT2D eigenvalue weighted by Crippen LogP contribution is -2.28. The van der Waals surface area contributed by atoms with Gasteiger partial charge in [0.2, 0.25) is 0 Å². The van der Waals surface area contributed by atoms with Crippen LogP contribution in [0.5, 0.6) is 0 Å². The molecule has 0 aliphatic carbocycles. The maximum Gasteiger partial charge on any atom is 0.416 e. The van der Waals surface area contributed by atoms with Crippen LogP contribution in [0.25, 0.3) is 0 Å². The van der Waals surface area contributed by atoms with Crippen LogP contribution in [0.15, 0.2) is 24.3 Å². The second-order valence-electron chi connectivity index (χ2n) is 4.16. The monoisotopic (exact) mass is 323 g/mol. The van der Waals surface area contributed by atoms with Crippen LogP contribution in [0.1, 0.15) is 30.9 Å². The number of rotatable bonds is 6. The highest BCUT2D eigenvalue weighted by Gasteiger charge is 2.30. The van der Waals surface area contributed by atoms with Crippen LogP contribution in [0.3, 0.4) is 0 Å². The first-order valence-electron chi connectivity index (χ1n) is 5.92. The van der Waals surface area contributed by atoms with Gasteiger partial charge < -0.3 is 5.32 Å². The topological polar surface area (TPSA) is 12.0 Å². The van der Waals surface area contributed by atoms with Crippen molar-refractivity contribution in [1.82, 2.24) is 5.32 Å². The molecule has 0 heterocycles. The third kappa shape index (κ3) is 4.98. The molecule has 0 radical (unpaired) electrons. The summed E-state index contributed by atoms with van der Waals surface area (Å²) in [6, 6.07) is 5.79.